The molecule has 2 aromatic heterocycles. The van der Waals surface area contributed by atoms with Crippen molar-refractivity contribution < 1.29 is 0 Å². The van der Waals surface area contributed by atoms with E-state index in [2.05, 4.69) is 29.3 Å². The van der Waals surface area contributed by atoms with E-state index in [0.29, 0.717) is 0 Å². The van der Waals surface area contributed by atoms with Crippen molar-refractivity contribution in [3.05, 3.63) is 51.2 Å². The second-order valence-corrected chi connectivity index (χ2v) is 3.97. The Bertz CT molecular complexity index is 260. The minimum absolute atomic E-state index is 1.20. The fourth-order valence-electron chi connectivity index (χ4n) is 0.821. The highest BCUT2D eigenvalue weighted by atomic mass is 32.1. The van der Waals surface area contributed by atoms with Crippen LogP contribution in [0.5, 0.6) is 0 Å². The maximum absolute atomic E-state index is 3.30. The maximum atomic E-state index is 3.30. The monoisotopic (exact) mass is 178 g/mol. The van der Waals surface area contributed by atoms with Gasteiger partial charge in [0, 0.05) is 9.75 Å². The molecule has 0 fully saturated rings. The molecule has 2 radical (unpaired) electrons. The summed E-state index contributed by atoms with van der Waals surface area (Å²) >= 11 is 3.43. The van der Waals surface area contributed by atoms with E-state index >= 15 is 0 Å². The Labute approximate surface area is 74.1 Å². The minimum Gasteiger partial charge on any atom is -0.148 e. The van der Waals surface area contributed by atoms with Gasteiger partial charge in [-0.3, -0.25) is 0 Å². The number of hydrogen-bond acceptors (Lipinski definition) is 2. The highest BCUT2D eigenvalue weighted by Gasteiger charge is 1.97. The molecule has 0 saturated heterocycles. The number of hydrogen-bond donors (Lipinski definition) is 0. The first-order valence-corrected chi connectivity index (χ1v) is 5.05. The molecule has 0 unspecified atom stereocenters. The molecule has 11 heavy (non-hydrogen) atoms. The highest BCUT2D eigenvalue weighted by molar-refractivity contribution is 7.12. The van der Waals surface area contributed by atoms with Gasteiger partial charge >= 0.3 is 0 Å². The fourth-order valence-corrected chi connectivity index (χ4v) is 2.14. The molecular weight excluding hydrogens is 172 g/mol. The summed E-state index contributed by atoms with van der Waals surface area (Å²) in [6.45, 7) is 0. The molecule has 0 nitrogen and oxygen atoms in total. The standard InChI is InChI=1S/C9H6S2/c1-3-8(10-5-1)7-9-4-2-6-11-9/h1-6H. The summed E-state index contributed by atoms with van der Waals surface area (Å²) in [5.74, 6) is 0. The quantitative estimate of drug-likeness (QED) is 0.662. The molecule has 0 atom stereocenters. The molecule has 54 valence electrons. The van der Waals surface area contributed by atoms with Gasteiger partial charge in [-0.05, 0) is 22.9 Å². The van der Waals surface area contributed by atoms with Crippen molar-refractivity contribution in [1.82, 2.24) is 0 Å². The van der Waals surface area contributed by atoms with E-state index in [1.165, 1.54) is 9.75 Å². The van der Waals surface area contributed by atoms with E-state index in [-0.39, 0.29) is 0 Å². The van der Waals surface area contributed by atoms with Gasteiger partial charge in [0.05, 0.1) is 6.42 Å². The van der Waals surface area contributed by atoms with Gasteiger partial charge in [0.15, 0.2) is 0 Å². The first-order valence-electron chi connectivity index (χ1n) is 3.29. The maximum Gasteiger partial charge on any atom is 0.0721 e. The van der Waals surface area contributed by atoms with Crippen LogP contribution in [0.3, 0.4) is 0 Å². The van der Waals surface area contributed by atoms with Crippen molar-refractivity contribution in [3.8, 4) is 0 Å². The second-order valence-electron chi connectivity index (χ2n) is 2.08. The molecule has 2 heteroatoms. The zero-order valence-electron chi connectivity index (χ0n) is 5.78. The van der Waals surface area contributed by atoms with E-state index in [4.69, 9.17) is 0 Å². The van der Waals surface area contributed by atoms with Crippen LogP contribution in [-0.4, -0.2) is 0 Å². The van der Waals surface area contributed by atoms with E-state index in [9.17, 15) is 0 Å². The molecule has 0 aromatic carbocycles. The number of rotatable bonds is 2. The average Bonchev–Trinajstić information content (AvgIpc) is 2.60. The Kier molecular flexibility index (Phi) is 2.06. The van der Waals surface area contributed by atoms with Crippen molar-refractivity contribution >= 4 is 22.7 Å². The van der Waals surface area contributed by atoms with E-state index in [0.717, 1.165) is 0 Å². The van der Waals surface area contributed by atoms with Gasteiger partial charge in [-0.15, -0.1) is 22.7 Å². The molecule has 2 rings (SSSR count). The van der Waals surface area contributed by atoms with Gasteiger partial charge in [0.25, 0.3) is 0 Å². The van der Waals surface area contributed by atoms with Gasteiger partial charge < -0.3 is 0 Å². The summed E-state index contributed by atoms with van der Waals surface area (Å²) in [5, 5.41) is 4.13. The van der Waals surface area contributed by atoms with Crippen LogP contribution in [-0.2, 0) is 0 Å². The molecule has 0 bridgehead atoms. The lowest BCUT2D eigenvalue weighted by Gasteiger charge is -1.88. The lowest BCUT2D eigenvalue weighted by Crippen LogP contribution is -1.71. The van der Waals surface area contributed by atoms with Crippen LogP contribution in [0.4, 0.5) is 0 Å². The van der Waals surface area contributed by atoms with Crippen LogP contribution in [0.15, 0.2) is 35.0 Å². The topological polar surface area (TPSA) is 0 Å². The highest BCUT2D eigenvalue weighted by Crippen LogP contribution is 2.19. The largest absolute Gasteiger partial charge is 0.148 e. The van der Waals surface area contributed by atoms with Crippen LogP contribution in [0.2, 0.25) is 0 Å². The predicted octanol–water partition coefficient (Wildman–Crippen LogP) is 3.29. The fraction of sp³-hybridized carbons (Fsp3) is 0. The van der Waals surface area contributed by atoms with Gasteiger partial charge in [0.1, 0.15) is 0 Å². The molecule has 0 N–H and O–H groups in total. The number of thiophene rings is 2. The zero-order valence-corrected chi connectivity index (χ0v) is 7.41. The molecule has 0 saturated carbocycles. The van der Waals surface area contributed by atoms with Crippen molar-refractivity contribution in [1.29, 1.82) is 0 Å². The predicted molar refractivity (Wildman–Crippen MR) is 50.1 cm³/mol. The molecule has 0 amide bonds. The molecule has 2 heterocycles. The van der Waals surface area contributed by atoms with Gasteiger partial charge in [0.2, 0.25) is 0 Å². The summed E-state index contributed by atoms with van der Waals surface area (Å²) in [6, 6.07) is 8.23. The van der Waals surface area contributed by atoms with Crippen molar-refractivity contribution in [3.63, 3.8) is 0 Å². The third kappa shape index (κ3) is 1.70. The molecule has 0 spiro atoms. The summed E-state index contributed by atoms with van der Waals surface area (Å²) in [6.07, 6.45) is 3.30. The lowest BCUT2D eigenvalue weighted by atomic mass is 10.3. The Morgan fingerprint density at radius 2 is 1.45 bits per heavy atom. The summed E-state index contributed by atoms with van der Waals surface area (Å²) in [5.41, 5.74) is 0. The van der Waals surface area contributed by atoms with Crippen LogP contribution in [0.25, 0.3) is 0 Å². The average molecular weight is 178 g/mol. The van der Waals surface area contributed by atoms with Crippen LogP contribution in [0.1, 0.15) is 9.75 Å². The van der Waals surface area contributed by atoms with Crippen LogP contribution in [0, 0.1) is 6.42 Å². The normalized spacial score (nSPS) is 10.2. The Balaban J connectivity index is 2.14. The van der Waals surface area contributed by atoms with Crippen LogP contribution >= 0.6 is 22.7 Å². The first-order chi connectivity index (χ1) is 5.45. The smallest absolute Gasteiger partial charge is 0.0721 e. The van der Waals surface area contributed by atoms with Gasteiger partial charge in [-0.25, -0.2) is 0 Å². The van der Waals surface area contributed by atoms with Gasteiger partial charge in [-0.1, -0.05) is 12.1 Å². The molecular formula is C9H6S2. The van der Waals surface area contributed by atoms with Crippen LogP contribution < -0.4 is 0 Å². The third-order valence-corrected chi connectivity index (χ3v) is 2.86. The molecule has 0 aliphatic rings. The SMILES string of the molecule is [C](c1cccs1)c1cccs1. The molecule has 0 aliphatic carbocycles. The van der Waals surface area contributed by atoms with Crippen molar-refractivity contribution in [2.45, 2.75) is 0 Å². The Hall–Kier alpha value is -0.600. The minimum atomic E-state index is 1.20. The van der Waals surface area contributed by atoms with Crippen molar-refractivity contribution in [2.75, 3.05) is 0 Å². The molecule has 0 aliphatic heterocycles. The third-order valence-electron chi connectivity index (χ3n) is 1.29. The van der Waals surface area contributed by atoms with E-state index in [1.54, 1.807) is 22.7 Å². The first kappa shape index (κ1) is 7.07. The zero-order chi connectivity index (χ0) is 7.52. The Morgan fingerprint density at radius 1 is 0.909 bits per heavy atom. The van der Waals surface area contributed by atoms with E-state index < -0.39 is 0 Å². The van der Waals surface area contributed by atoms with E-state index in [1.807, 2.05) is 12.1 Å². The summed E-state index contributed by atoms with van der Waals surface area (Å²) in [4.78, 5) is 2.40. The molecule has 2 aromatic rings. The lowest BCUT2D eigenvalue weighted by molar-refractivity contribution is 1.63. The second kappa shape index (κ2) is 3.20. The summed E-state index contributed by atoms with van der Waals surface area (Å²) < 4.78 is 0. The van der Waals surface area contributed by atoms with Gasteiger partial charge in [-0.2, -0.15) is 0 Å². The van der Waals surface area contributed by atoms with Crippen molar-refractivity contribution in [2.24, 2.45) is 0 Å². The summed E-state index contributed by atoms with van der Waals surface area (Å²) in [7, 11) is 0. The Morgan fingerprint density at radius 3 is 1.82 bits per heavy atom.